The number of unbranched alkanes of at least 4 members (excludes halogenated alkanes) is 2. The molecule has 10 heteroatoms. The Morgan fingerprint density at radius 1 is 1.07 bits per heavy atom. The number of carbonyl (C=O) groups is 2. The average Bonchev–Trinajstić information content (AvgIpc) is 3.59. The minimum absolute atomic E-state index is 0.00792. The van der Waals surface area contributed by atoms with Crippen LogP contribution in [0.25, 0.3) is 0 Å². The molecule has 0 aliphatic carbocycles. The number of aliphatic carboxylic acids is 1. The first-order chi connectivity index (χ1) is 19.9. The van der Waals surface area contributed by atoms with Crippen LogP contribution in [0.3, 0.4) is 0 Å². The van der Waals surface area contributed by atoms with Crippen LogP contribution in [-0.4, -0.2) is 86.6 Å². The summed E-state index contributed by atoms with van der Waals surface area (Å²) in [4.78, 5) is 30.6. The van der Waals surface area contributed by atoms with Gasteiger partial charge >= 0.3 is 5.97 Å². The lowest BCUT2D eigenvalue weighted by Gasteiger charge is -2.30. The van der Waals surface area contributed by atoms with Crippen molar-refractivity contribution in [3.05, 3.63) is 47.5 Å². The smallest absolute Gasteiger partial charge is 0.308 e. The Morgan fingerprint density at radius 3 is 2.54 bits per heavy atom. The molecule has 1 amide bonds. The number of likely N-dealkylation sites (tertiary alicyclic amines) is 1. The maximum absolute atomic E-state index is 13.7. The third kappa shape index (κ3) is 7.05. The van der Waals surface area contributed by atoms with Crippen LogP contribution in [0.15, 0.2) is 36.4 Å². The highest BCUT2D eigenvalue weighted by atomic mass is 16.7. The molecule has 224 valence electrons. The molecule has 41 heavy (non-hydrogen) atoms. The van der Waals surface area contributed by atoms with E-state index in [-0.39, 0.29) is 19.2 Å². The third-order valence-corrected chi connectivity index (χ3v) is 8.12. The van der Waals surface area contributed by atoms with Crippen LogP contribution in [-0.2, 0) is 16.0 Å². The van der Waals surface area contributed by atoms with Crippen molar-refractivity contribution >= 4 is 11.9 Å². The van der Waals surface area contributed by atoms with Gasteiger partial charge in [-0.05, 0) is 61.6 Å². The summed E-state index contributed by atoms with van der Waals surface area (Å²) in [7, 11) is 3.16. The number of carboxylic acid groups (broad SMARTS) is 1. The molecule has 2 aromatic carbocycles. The van der Waals surface area contributed by atoms with Crippen molar-refractivity contribution in [2.75, 3.05) is 53.7 Å². The van der Waals surface area contributed by atoms with E-state index in [1.54, 1.807) is 14.2 Å². The molecule has 3 N–H and O–H groups in total. The summed E-state index contributed by atoms with van der Waals surface area (Å²) in [6.45, 7) is 4.63. The van der Waals surface area contributed by atoms with Crippen molar-refractivity contribution in [3.8, 4) is 23.0 Å². The number of methoxy groups -OCH3 is 2. The van der Waals surface area contributed by atoms with E-state index in [0.717, 1.165) is 36.8 Å². The van der Waals surface area contributed by atoms with Gasteiger partial charge in [0.2, 0.25) is 18.4 Å². The van der Waals surface area contributed by atoms with E-state index in [4.69, 9.17) is 24.7 Å². The highest BCUT2D eigenvalue weighted by Crippen LogP contribution is 2.47. The summed E-state index contributed by atoms with van der Waals surface area (Å²) < 4.78 is 22.4. The topological polar surface area (TPSA) is 124 Å². The molecule has 2 heterocycles. The van der Waals surface area contributed by atoms with Crippen molar-refractivity contribution in [2.24, 2.45) is 11.7 Å². The largest absolute Gasteiger partial charge is 0.496 e. The Labute approximate surface area is 242 Å². The summed E-state index contributed by atoms with van der Waals surface area (Å²) in [5.74, 6) is 0.167. The van der Waals surface area contributed by atoms with Crippen LogP contribution in [0.4, 0.5) is 0 Å². The lowest BCUT2D eigenvalue weighted by Crippen LogP contribution is -2.45. The molecule has 1 unspecified atom stereocenters. The fourth-order valence-electron chi connectivity index (χ4n) is 5.98. The number of nitrogens with zero attached hydrogens (tertiary/aromatic N) is 2. The molecule has 2 aliphatic heterocycles. The summed E-state index contributed by atoms with van der Waals surface area (Å²) in [6, 6.07) is 10.9. The highest BCUT2D eigenvalue weighted by molar-refractivity contribution is 5.79. The van der Waals surface area contributed by atoms with Gasteiger partial charge in [0, 0.05) is 31.6 Å². The normalized spacial score (nSPS) is 19.8. The van der Waals surface area contributed by atoms with Gasteiger partial charge in [0.15, 0.2) is 11.5 Å². The number of para-hydroxylation sites is 1. The van der Waals surface area contributed by atoms with Gasteiger partial charge < -0.3 is 34.7 Å². The number of ether oxygens (including phenoxy) is 4. The lowest BCUT2D eigenvalue weighted by molar-refractivity contribution is -0.143. The number of amides is 1. The van der Waals surface area contributed by atoms with Gasteiger partial charge in [0.25, 0.3) is 0 Å². The molecule has 3 atom stereocenters. The van der Waals surface area contributed by atoms with Crippen molar-refractivity contribution in [2.45, 2.75) is 51.0 Å². The number of benzene rings is 2. The van der Waals surface area contributed by atoms with E-state index in [1.165, 1.54) is 0 Å². The minimum Gasteiger partial charge on any atom is -0.496 e. The summed E-state index contributed by atoms with van der Waals surface area (Å²) in [5, 5.41) is 10.6. The number of carbonyl (C=O) groups excluding carboxylic acids is 1. The van der Waals surface area contributed by atoms with Crippen LogP contribution < -0.4 is 24.7 Å². The number of hydrogen-bond donors (Lipinski definition) is 2. The molecule has 2 aliphatic rings. The predicted molar refractivity (Wildman–Crippen MR) is 155 cm³/mol. The van der Waals surface area contributed by atoms with E-state index in [9.17, 15) is 14.7 Å². The molecule has 10 nitrogen and oxygen atoms in total. The molecule has 0 aromatic heterocycles. The number of hydrogen-bond acceptors (Lipinski definition) is 8. The number of rotatable bonds is 15. The molecule has 4 rings (SSSR count). The van der Waals surface area contributed by atoms with E-state index >= 15 is 0 Å². The molecule has 1 fully saturated rings. The zero-order chi connectivity index (χ0) is 29.4. The predicted octanol–water partition coefficient (Wildman–Crippen LogP) is 3.51. The standard InChI is InChI=1S/C31H43N3O7/c1-4-5-13-33(14-9-8-12-32)28(35)19-34-18-23(22-16-26(39-3)30-27(17-22)40-20-41-30)29(31(36)37)24(34)15-21-10-6-7-11-25(21)38-2/h6-7,10-11,16-17,23-24,29H,4-5,8-9,12-15,18-20,32H2,1-3H3,(H,36,37)/t23-,24+,29?/m1/s1. The Hall–Kier alpha value is -3.50. The maximum atomic E-state index is 13.7. The van der Waals surface area contributed by atoms with Crippen LogP contribution >= 0.6 is 0 Å². The van der Waals surface area contributed by atoms with Crippen molar-refractivity contribution in [1.29, 1.82) is 0 Å². The minimum atomic E-state index is -0.910. The van der Waals surface area contributed by atoms with Crippen LogP contribution in [0.5, 0.6) is 23.0 Å². The second-order valence-corrected chi connectivity index (χ2v) is 10.7. The zero-order valence-corrected chi connectivity index (χ0v) is 24.3. The Morgan fingerprint density at radius 2 is 1.83 bits per heavy atom. The molecule has 2 aromatic rings. The van der Waals surface area contributed by atoms with E-state index < -0.39 is 23.8 Å². The summed E-state index contributed by atoms with van der Waals surface area (Å²) >= 11 is 0. The fourth-order valence-corrected chi connectivity index (χ4v) is 5.98. The SMILES string of the molecule is CCCCN(CCCCN)C(=O)CN1C[C@H](c2cc(OC)c3c(c2)OCO3)C(C(=O)O)[C@@H]1Cc1ccccc1OC. The van der Waals surface area contributed by atoms with Gasteiger partial charge in [-0.2, -0.15) is 0 Å². The first kappa shape index (κ1) is 30.5. The van der Waals surface area contributed by atoms with Crippen molar-refractivity contribution < 1.29 is 33.6 Å². The average molecular weight is 570 g/mol. The van der Waals surface area contributed by atoms with Gasteiger partial charge in [0.05, 0.1) is 26.7 Å². The molecule has 0 saturated carbocycles. The van der Waals surface area contributed by atoms with Crippen molar-refractivity contribution in [1.82, 2.24) is 9.80 Å². The van der Waals surface area contributed by atoms with Gasteiger partial charge in [0.1, 0.15) is 5.75 Å². The fraction of sp³-hybridized carbons (Fsp3) is 0.548. The lowest BCUT2D eigenvalue weighted by atomic mass is 9.83. The zero-order valence-electron chi connectivity index (χ0n) is 24.3. The van der Waals surface area contributed by atoms with E-state index in [0.29, 0.717) is 55.6 Å². The molecule has 0 radical (unpaired) electrons. The van der Waals surface area contributed by atoms with Crippen LogP contribution in [0.2, 0.25) is 0 Å². The summed E-state index contributed by atoms with van der Waals surface area (Å²) in [5.41, 5.74) is 7.39. The quantitative estimate of drug-likeness (QED) is 0.310. The number of nitrogens with two attached hydrogens (primary N) is 1. The Bertz CT molecular complexity index is 1190. The van der Waals surface area contributed by atoms with Crippen LogP contribution in [0.1, 0.15) is 49.7 Å². The van der Waals surface area contributed by atoms with Crippen molar-refractivity contribution in [3.63, 3.8) is 0 Å². The third-order valence-electron chi connectivity index (χ3n) is 8.12. The van der Waals surface area contributed by atoms with Gasteiger partial charge in [-0.25, -0.2) is 0 Å². The van der Waals surface area contributed by atoms with E-state index in [1.807, 2.05) is 46.2 Å². The summed E-state index contributed by atoms with van der Waals surface area (Å²) in [6.07, 6.45) is 4.01. The highest BCUT2D eigenvalue weighted by Gasteiger charge is 2.48. The monoisotopic (exact) mass is 569 g/mol. The van der Waals surface area contributed by atoms with E-state index in [2.05, 4.69) is 6.92 Å². The first-order valence-corrected chi connectivity index (χ1v) is 14.5. The first-order valence-electron chi connectivity index (χ1n) is 14.5. The molecule has 0 bridgehead atoms. The van der Waals surface area contributed by atoms with Gasteiger partial charge in [-0.3, -0.25) is 14.5 Å². The molecule has 1 saturated heterocycles. The van der Waals surface area contributed by atoms with Gasteiger partial charge in [-0.15, -0.1) is 0 Å². The maximum Gasteiger partial charge on any atom is 0.308 e. The van der Waals surface area contributed by atoms with Gasteiger partial charge in [-0.1, -0.05) is 31.5 Å². The molecular weight excluding hydrogens is 526 g/mol. The molecule has 0 spiro atoms. The second-order valence-electron chi connectivity index (χ2n) is 10.7. The second kappa shape index (κ2) is 14.4. The number of fused-ring (bicyclic) bond motifs is 1. The van der Waals surface area contributed by atoms with Crippen LogP contribution in [0, 0.1) is 5.92 Å². The Kier molecular flexibility index (Phi) is 10.7. The Balaban J connectivity index is 1.68. The molecular formula is C31H43N3O7. The number of carboxylic acids is 1.